The smallest absolute Gasteiger partial charge is 0.135 e. The van der Waals surface area contributed by atoms with Gasteiger partial charge in [0.05, 0.1) is 0 Å². The van der Waals surface area contributed by atoms with Crippen molar-refractivity contribution in [3.63, 3.8) is 0 Å². The van der Waals surface area contributed by atoms with Crippen LogP contribution < -0.4 is 4.74 Å². The van der Waals surface area contributed by atoms with E-state index in [0.717, 1.165) is 47.1 Å². The molecule has 0 bridgehead atoms. The van der Waals surface area contributed by atoms with Gasteiger partial charge in [-0.3, -0.25) is 9.80 Å². The number of rotatable bonds is 8. The molecule has 2 fully saturated rings. The summed E-state index contributed by atoms with van der Waals surface area (Å²) in [6, 6.07) is 44.9. The van der Waals surface area contributed by atoms with Gasteiger partial charge in [0.15, 0.2) is 0 Å². The fourth-order valence-corrected chi connectivity index (χ4v) is 10.1. The van der Waals surface area contributed by atoms with Crippen LogP contribution in [-0.2, 0) is 32.1 Å². The molecular formula is C52H62N2O. The summed E-state index contributed by atoms with van der Waals surface area (Å²) < 4.78 is 6.20. The quantitative estimate of drug-likeness (QED) is 0.158. The first-order valence-corrected chi connectivity index (χ1v) is 21.5. The lowest BCUT2D eigenvalue weighted by Gasteiger charge is -2.35. The molecule has 5 aromatic carbocycles. The van der Waals surface area contributed by atoms with E-state index in [0.29, 0.717) is 0 Å². The average molecular weight is 731 g/mol. The Hall–Kier alpha value is -4.18. The van der Waals surface area contributed by atoms with Crippen LogP contribution in [0.25, 0.3) is 22.3 Å². The predicted molar refractivity (Wildman–Crippen MR) is 231 cm³/mol. The highest BCUT2D eigenvalue weighted by Gasteiger charge is 2.32. The Bertz CT molecular complexity index is 2020. The number of benzene rings is 5. The van der Waals surface area contributed by atoms with Gasteiger partial charge in [0.2, 0.25) is 0 Å². The van der Waals surface area contributed by atoms with Crippen molar-refractivity contribution in [2.24, 2.45) is 5.92 Å². The molecule has 2 heterocycles. The monoisotopic (exact) mass is 730 g/mol. The normalized spacial score (nSPS) is 22.5. The Morgan fingerprint density at radius 1 is 0.564 bits per heavy atom. The highest BCUT2D eigenvalue weighted by molar-refractivity contribution is 5.72. The number of hydrogen-bond donors (Lipinski definition) is 0. The molecule has 2 aliphatic heterocycles. The van der Waals surface area contributed by atoms with E-state index in [-0.39, 0.29) is 0 Å². The summed E-state index contributed by atoms with van der Waals surface area (Å²) in [6.45, 7) is 12.0. The van der Waals surface area contributed by atoms with Crippen LogP contribution in [0, 0.1) is 5.92 Å². The number of ether oxygens (including phenoxy) is 1. The van der Waals surface area contributed by atoms with Crippen molar-refractivity contribution in [3.8, 4) is 33.8 Å². The maximum absolute atomic E-state index is 6.20. The van der Waals surface area contributed by atoms with E-state index >= 15 is 0 Å². The molecule has 2 saturated heterocycles. The molecule has 3 heteroatoms. The molecule has 286 valence electrons. The molecule has 9 rings (SSSR count). The van der Waals surface area contributed by atoms with Crippen LogP contribution in [0.2, 0.25) is 0 Å². The molecule has 4 atom stereocenters. The number of hydrogen-bond acceptors (Lipinski definition) is 3. The third-order valence-corrected chi connectivity index (χ3v) is 13.1. The summed E-state index contributed by atoms with van der Waals surface area (Å²) in [6.07, 6.45) is 14.1. The SMILES string of the molecule is CC(C)Cc1ccc(-c2ccc3c(c2)CCC(N2CCCC2C)C3)cc1.CC1CCCN1C1CCc2cc(-c3ccccc3Oc3ccccc3)ccc2C1. The Morgan fingerprint density at radius 2 is 1.11 bits per heavy atom. The number of fused-ring (bicyclic) bond motifs is 2. The van der Waals surface area contributed by atoms with E-state index in [2.05, 4.69) is 116 Å². The standard InChI is InChI=1S/C27H29NO.C25H33N/c1-20-8-7-17-28(20)24-16-15-21-18-23(14-13-22(21)19-24)26-11-5-6-12-27(26)29-25-9-3-2-4-10-25;1-18(2)15-20-6-8-21(9-7-20)22-10-11-24-17-25(13-12-23(24)16-22)26-14-4-5-19(26)3/h2-6,9-14,18,20,24H,7-8,15-17,19H2,1H3;6-11,16,18-19,25H,4-5,12-15,17H2,1-3H3. The lowest BCUT2D eigenvalue weighted by atomic mass is 9.85. The van der Waals surface area contributed by atoms with Gasteiger partial charge in [0.1, 0.15) is 11.5 Å². The molecule has 0 spiro atoms. The second kappa shape index (κ2) is 17.3. The average Bonchev–Trinajstić information content (AvgIpc) is 3.85. The van der Waals surface area contributed by atoms with Gasteiger partial charge in [0.25, 0.3) is 0 Å². The number of likely N-dealkylation sites (tertiary alicyclic amines) is 2. The first-order valence-electron chi connectivity index (χ1n) is 21.5. The van der Waals surface area contributed by atoms with Crippen LogP contribution in [0.5, 0.6) is 11.5 Å². The van der Waals surface area contributed by atoms with E-state index in [1.807, 2.05) is 36.4 Å². The Morgan fingerprint density at radius 3 is 1.69 bits per heavy atom. The van der Waals surface area contributed by atoms with Gasteiger partial charge in [-0.1, -0.05) is 111 Å². The van der Waals surface area contributed by atoms with Gasteiger partial charge >= 0.3 is 0 Å². The lowest BCUT2D eigenvalue weighted by Crippen LogP contribution is -2.41. The molecule has 0 saturated carbocycles. The second-order valence-corrected chi connectivity index (χ2v) is 17.4. The van der Waals surface area contributed by atoms with Gasteiger partial charge in [-0.25, -0.2) is 0 Å². The zero-order chi connectivity index (χ0) is 37.7. The van der Waals surface area contributed by atoms with Crippen molar-refractivity contribution < 1.29 is 4.74 Å². The Kier molecular flexibility index (Phi) is 11.9. The fourth-order valence-electron chi connectivity index (χ4n) is 10.1. The summed E-state index contributed by atoms with van der Waals surface area (Å²) in [4.78, 5) is 5.52. The molecule has 0 amide bonds. The van der Waals surface area contributed by atoms with Crippen LogP contribution in [-0.4, -0.2) is 47.1 Å². The Labute approximate surface area is 331 Å². The maximum Gasteiger partial charge on any atom is 0.135 e. The van der Waals surface area contributed by atoms with Gasteiger partial charge in [-0.2, -0.15) is 0 Å². The summed E-state index contributed by atoms with van der Waals surface area (Å²) in [7, 11) is 0. The van der Waals surface area contributed by atoms with Crippen molar-refractivity contribution in [1.29, 1.82) is 0 Å². The summed E-state index contributed by atoms with van der Waals surface area (Å²) in [5, 5.41) is 0. The number of nitrogens with zero attached hydrogens (tertiary/aromatic N) is 2. The molecule has 2 aliphatic carbocycles. The minimum Gasteiger partial charge on any atom is -0.457 e. The lowest BCUT2D eigenvalue weighted by molar-refractivity contribution is 0.174. The molecule has 4 unspecified atom stereocenters. The van der Waals surface area contributed by atoms with Crippen LogP contribution in [0.3, 0.4) is 0 Å². The summed E-state index contributed by atoms with van der Waals surface area (Å²) >= 11 is 0. The molecular weight excluding hydrogens is 669 g/mol. The van der Waals surface area contributed by atoms with Crippen LogP contribution in [0.1, 0.15) is 94.0 Å². The van der Waals surface area contributed by atoms with E-state index in [4.69, 9.17) is 4.74 Å². The van der Waals surface area contributed by atoms with Crippen molar-refractivity contribution in [2.45, 2.75) is 122 Å². The van der Waals surface area contributed by atoms with E-state index in [1.54, 1.807) is 11.1 Å². The number of aryl methyl sites for hydroxylation is 2. The minimum absolute atomic E-state index is 0.718. The first kappa shape index (κ1) is 37.7. The topological polar surface area (TPSA) is 15.7 Å². The van der Waals surface area contributed by atoms with E-state index in [9.17, 15) is 0 Å². The van der Waals surface area contributed by atoms with Crippen molar-refractivity contribution in [3.05, 3.63) is 143 Å². The molecule has 55 heavy (non-hydrogen) atoms. The predicted octanol–water partition coefficient (Wildman–Crippen LogP) is 12.4. The molecule has 0 radical (unpaired) electrons. The largest absolute Gasteiger partial charge is 0.457 e. The van der Waals surface area contributed by atoms with Crippen LogP contribution in [0.4, 0.5) is 0 Å². The second-order valence-electron chi connectivity index (χ2n) is 17.4. The zero-order valence-corrected chi connectivity index (χ0v) is 33.9. The molecule has 0 N–H and O–H groups in total. The summed E-state index contributed by atoms with van der Waals surface area (Å²) in [5.41, 5.74) is 12.8. The van der Waals surface area contributed by atoms with Crippen LogP contribution >= 0.6 is 0 Å². The molecule has 4 aliphatic rings. The Balaban J connectivity index is 0.000000156. The van der Waals surface area contributed by atoms with Crippen molar-refractivity contribution in [1.82, 2.24) is 9.80 Å². The molecule has 5 aromatic rings. The fraction of sp³-hybridized carbons (Fsp3) is 0.423. The zero-order valence-electron chi connectivity index (χ0n) is 33.9. The third-order valence-electron chi connectivity index (χ3n) is 13.1. The van der Waals surface area contributed by atoms with Gasteiger partial charge in [-0.05, 0) is 166 Å². The maximum atomic E-state index is 6.20. The molecule has 3 nitrogen and oxygen atoms in total. The first-order chi connectivity index (χ1) is 26.9. The third kappa shape index (κ3) is 8.95. The van der Waals surface area contributed by atoms with Crippen molar-refractivity contribution in [2.75, 3.05) is 13.1 Å². The van der Waals surface area contributed by atoms with Gasteiger partial charge in [-0.15, -0.1) is 0 Å². The van der Waals surface area contributed by atoms with E-state index < -0.39 is 0 Å². The van der Waals surface area contributed by atoms with Crippen molar-refractivity contribution >= 4 is 0 Å². The molecule has 0 aromatic heterocycles. The minimum atomic E-state index is 0.718. The highest BCUT2D eigenvalue weighted by atomic mass is 16.5. The van der Waals surface area contributed by atoms with Gasteiger partial charge < -0.3 is 4.74 Å². The van der Waals surface area contributed by atoms with E-state index in [1.165, 1.54) is 117 Å². The van der Waals surface area contributed by atoms with Gasteiger partial charge in [0, 0.05) is 29.7 Å². The van der Waals surface area contributed by atoms with Crippen LogP contribution in [0.15, 0.2) is 115 Å². The summed E-state index contributed by atoms with van der Waals surface area (Å²) in [5.74, 6) is 2.51. The highest BCUT2D eigenvalue weighted by Crippen LogP contribution is 2.37. The number of para-hydroxylation sites is 2.